The number of pyridine rings is 1. The molecule has 1 aromatic carbocycles. The minimum atomic E-state index is -4.60. The highest BCUT2D eigenvalue weighted by Gasteiger charge is 2.35. The van der Waals surface area contributed by atoms with Crippen molar-refractivity contribution in [1.82, 2.24) is 29.9 Å². The molecule has 0 aliphatic rings. The van der Waals surface area contributed by atoms with Gasteiger partial charge in [-0.2, -0.15) is 13.2 Å². The molecule has 13 heteroatoms. The number of aryl methyl sites for hydroxylation is 1. The third kappa shape index (κ3) is 5.93. The number of carbonyl (C=O) groups is 1. The number of aromatic nitrogens is 6. The van der Waals surface area contributed by atoms with Crippen molar-refractivity contribution in [1.29, 1.82) is 0 Å². The SMILES string of the molecule is O=C(CSc1nnc(-c2ccncc2)n1CCc1ccccc1)Nc1nnc(C(F)(F)F)s1. The molecule has 0 fully saturated rings. The first kappa shape index (κ1) is 22.9. The number of alkyl halides is 3. The molecule has 0 aliphatic heterocycles. The van der Waals surface area contributed by atoms with Gasteiger partial charge in [-0.25, -0.2) is 0 Å². The molecule has 4 aromatic rings. The third-order valence-corrected chi connectivity index (χ3v) is 6.22. The van der Waals surface area contributed by atoms with Gasteiger partial charge in [-0.1, -0.05) is 53.4 Å². The maximum atomic E-state index is 12.7. The molecule has 0 unspecified atom stereocenters. The van der Waals surface area contributed by atoms with Crippen LogP contribution in [0.3, 0.4) is 0 Å². The van der Waals surface area contributed by atoms with Gasteiger partial charge in [0.2, 0.25) is 16.0 Å². The molecule has 3 aromatic heterocycles. The number of rotatable bonds is 8. The Kier molecular flexibility index (Phi) is 6.99. The lowest BCUT2D eigenvalue weighted by atomic mass is 10.1. The van der Waals surface area contributed by atoms with Crippen LogP contribution in [0.4, 0.5) is 18.3 Å². The molecule has 33 heavy (non-hydrogen) atoms. The Balaban J connectivity index is 1.46. The van der Waals surface area contributed by atoms with Crippen LogP contribution in [0.15, 0.2) is 60.0 Å². The summed E-state index contributed by atoms with van der Waals surface area (Å²) < 4.78 is 39.9. The second-order valence-electron chi connectivity index (χ2n) is 6.68. The highest BCUT2D eigenvalue weighted by atomic mass is 32.2. The van der Waals surface area contributed by atoms with Gasteiger partial charge in [0, 0.05) is 24.5 Å². The van der Waals surface area contributed by atoms with Crippen LogP contribution in [-0.2, 0) is 23.9 Å². The van der Waals surface area contributed by atoms with Gasteiger partial charge in [0.1, 0.15) is 0 Å². The van der Waals surface area contributed by atoms with E-state index in [1.165, 1.54) is 0 Å². The van der Waals surface area contributed by atoms with E-state index in [0.717, 1.165) is 29.3 Å². The van der Waals surface area contributed by atoms with Gasteiger partial charge in [-0.15, -0.1) is 20.4 Å². The average molecular weight is 492 g/mol. The van der Waals surface area contributed by atoms with Crippen molar-refractivity contribution >= 4 is 34.1 Å². The smallest absolute Gasteiger partial charge is 0.302 e. The van der Waals surface area contributed by atoms with E-state index < -0.39 is 17.1 Å². The maximum absolute atomic E-state index is 12.7. The number of anilines is 1. The fraction of sp³-hybridized carbons (Fsp3) is 0.200. The quantitative estimate of drug-likeness (QED) is 0.369. The standard InChI is InChI=1S/C20H16F3N7OS2/c21-20(22,23)17-27-28-18(33-17)25-15(31)12-32-19-29-26-16(14-6-9-24-10-7-14)30(19)11-8-13-4-2-1-3-5-13/h1-7,9-10H,8,11-12H2,(H,25,28,31). The number of benzene rings is 1. The number of carbonyl (C=O) groups excluding carboxylic acids is 1. The van der Waals surface area contributed by atoms with Crippen molar-refractivity contribution in [3.63, 3.8) is 0 Å². The number of nitrogens with zero attached hydrogens (tertiary/aromatic N) is 6. The van der Waals surface area contributed by atoms with E-state index in [9.17, 15) is 18.0 Å². The van der Waals surface area contributed by atoms with Gasteiger partial charge < -0.3 is 4.57 Å². The second kappa shape index (κ2) is 10.1. The van der Waals surface area contributed by atoms with Crippen LogP contribution in [0.25, 0.3) is 11.4 Å². The van der Waals surface area contributed by atoms with E-state index in [2.05, 4.69) is 30.7 Å². The molecule has 3 heterocycles. The van der Waals surface area contributed by atoms with Crippen LogP contribution in [0, 0.1) is 0 Å². The average Bonchev–Trinajstić information content (AvgIpc) is 3.44. The zero-order valence-electron chi connectivity index (χ0n) is 16.9. The van der Waals surface area contributed by atoms with Gasteiger partial charge >= 0.3 is 6.18 Å². The predicted molar refractivity (Wildman–Crippen MR) is 118 cm³/mol. The number of hydrogen-bond donors (Lipinski definition) is 1. The molecule has 8 nitrogen and oxygen atoms in total. The van der Waals surface area contributed by atoms with Gasteiger partial charge in [-0.05, 0) is 24.1 Å². The highest BCUT2D eigenvalue weighted by Crippen LogP contribution is 2.33. The van der Waals surface area contributed by atoms with Crippen molar-refractivity contribution in [2.75, 3.05) is 11.1 Å². The van der Waals surface area contributed by atoms with Crippen LogP contribution >= 0.6 is 23.1 Å². The van der Waals surface area contributed by atoms with Crippen molar-refractivity contribution < 1.29 is 18.0 Å². The molecule has 0 saturated carbocycles. The molecule has 1 amide bonds. The number of hydrogen-bond acceptors (Lipinski definition) is 8. The number of nitrogens with one attached hydrogen (secondary N) is 1. The minimum absolute atomic E-state index is 0.0826. The summed E-state index contributed by atoms with van der Waals surface area (Å²) in [5.74, 6) is 0.0314. The Morgan fingerprint density at radius 2 is 1.79 bits per heavy atom. The lowest BCUT2D eigenvalue weighted by molar-refractivity contribution is -0.138. The molecular weight excluding hydrogens is 475 g/mol. The molecule has 4 rings (SSSR count). The summed E-state index contributed by atoms with van der Waals surface area (Å²) >= 11 is 1.41. The van der Waals surface area contributed by atoms with Crippen molar-refractivity contribution in [3.8, 4) is 11.4 Å². The van der Waals surface area contributed by atoms with Gasteiger partial charge in [0.25, 0.3) is 0 Å². The zero-order chi connectivity index (χ0) is 23.3. The summed E-state index contributed by atoms with van der Waals surface area (Å²) in [6, 6.07) is 13.5. The van der Waals surface area contributed by atoms with E-state index in [4.69, 9.17) is 0 Å². The first-order chi connectivity index (χ1) is 15.9. The Labute approximate surface area is 194 Å². The lowest BCUT2D eigenvalue weighted by Gasteiger charge is -2.10. The Morgan fingerprint density at radius 1 is 1.03 bits per heavy atom. The normalized spacial score (nSPS) is 11.5. The molecule has 1 N–H and O–H groups in total. The summed E-state index contributed by atoms with van der Waals surface area (Å²) in [4.78, 5) is 16.3. The van der Waals surface area contributed by atoms with Crippen molar-refractivity contribution in [3.05, 3.63) is 65.4 Å². The Hall–Kier alpha value is -3.32. The first-order valence-corrected chi connectivity index (χ1v) is 11.4. The fourth-order valence-electron chi connectivity index (χ4n) is 2.87. The Bertz CT molecular complexity index is 1210. The van der Waals surface area contributed by atoms with Crippen molar-refractivity contribution in [2.24, 2.45) is 0 Å². The zero-order valence-corrected chi connectivity index (χ0v) is 18.5. The summed E-state index contributed by atoms with van der Waals surface area (Å²) in [7, 11) is 0. The molecular formula is C20H16F3N7OS2. The first-order valence-electron chi connectivity index (χ1n) is 9.61. The van der Waals surface area contributed by atoms with E-state index in [-0.39, 0.29) is 22.2 Å². The topological polar surface area (TPSA) is 98.5 Å². The Morgan fingerprint density at radius 3 is 2.48 bits per heavy atom. The molecule has 0 spiro atoms. The largest absolute Gasteiger partial charge is 0.445 e. The van der Waals surface area contributed by atoms with Gasteiger partial charge in [0.05, 0.1) is 5.75 Å². The predicted octanol–water partition coefficient (Wildman–Crippen LogP) is 4.18. The second-order valence-corrected chi connectivity index (χ2v) is 8.60. The molecule has 0 bridgehead atoms. The summed E-state index contributed by atoms with van der Waals surface area (Å²) in [5, 5.41) is 16.4. The fourth-order valence-corrected chi connectivity index (χ4v) is 4.26. The van der Waals surface area contributed by atoms with Crippen molar-refractivity contribution in [2.45, 2.75) is 24.3 Å². The van der Waals surface area contributed by atoms with E-state index >= 15 is 0 Å². The molecule has 0 atom stereocenters. The van der Waals surface area contributed by atoms with E-state index in [0.29, 0.717) is 17.5 Å². The molecule has 0 radical (unpaired) electrons. The van der Waals surface area contributed by atoms with E-state index in [1.54, 1.807) is 12.4 Å². The highest BCUT2D eigenvalue weighted by molar-refractivity contribution is 7.99. The molecule has 0 saturated heterocycles. The molecule has 170 valence electrons. The number of halogens is 3. The van der Waals surface area contributed by atoms with Gasteiger partial charge in [0.15, 0.2) is 11.0 Å². The van der Waals surface area contributed by atoms with E-state index in [1.807, 2.05) is 47.0 Å². The monoisotopic (exact) mass is 491 g/mol. The number of thioether (sulfide) groups is 1. The minimum Gasteiger partial charge on any atom is -0.302 e. The van der Waals surface area contributed by atoms with Crippen LogP contribution in [0.5, 0.6) is 0 Å². The number of amides is 1. The van der Waals surface area contributed by atoms with Crippen LogP contribution < -0.4 is 5.32 Å². The lowest BCUT2D eigenvalue weighted by Crippen LogP contribution is -2.15. The van der Waals surface area contributed by atoms with Crippen LogP contribution in [-0.4, -0.2) is 41.6 Å². The van der Waals surface area contributed by atoms with Crippen LogP contribution in [0.1, 0.15) is 10.6 Å². The third-order valence-electron chi connectivity index (χ3n) is 4.37. The summed E-state index contributed by atoms with van der Waals surface area (Å²) in [6.07, 6.45) is -0.568. The summed E-state index contributed by atoms with van der Waals surface area (Å²) in [6.45, 7) is 0.573. The maximum Gasteiger partial charge on any atom is 0.445 e. The van der Waals surface area contributed by atoms with Gasteiger partial charge in [-0.3, -0.25) is 15.1 Å². The molecule has 0 aliphatic carbocycles. The summed E-state index contributed by atoms with van der Waals surface area (Å²) in [5.41, 5.74) is 1.97. The van der Waals surface area contributed by atoms with Crippen LogP contribution in [0.2, 0.25) is 0 Å².